The molecular formula is C16H14F3N5O2. The Hall–Kier alpha value is -3.30. The first kappa shape index (κ1) is 17.5. The van der Waals surface area contributed by atoms with Gasteiger partial charge in [0.25, 0.3) is 0 Å². The third-order valence-electron chi connectivity index (χ3n) is 3.75. The molecule has 0 aliphatic rings. The maximum atomic E-state index is 13.0. The number of hydrogen-bond acceptors (Lipinski definition) is 5. The zero-order chi connectivity index (χ0) is 19.1. The van der Waals surface area contributed by atoms with Crippen molar-refractivity contribution in [2.24, 2.45) is 0 Å². The second kappa shape index (κ2) is 6.21. The summed E-state index contributed by atoms with van der Waals surface area (Å²) in [7, 11) is 0. The third kappa shape index (κ3) is 3.39. The van der Waals surface area contributed by atoms with Crippen LogP contribution in [-0.2, 0) is 6.18 Å². The monoisotopic (exact) mass is 365 g/mol. The standard InChI is InChI=1S/C16H14F3N5O2/c1-8(9-4-10(16(17,18)19)6-11(20)5-9)22-13-14-23-12(15(25)26)7-24(14)3-2-21-13/h2-8H,20H2,1H3,(H,21,22)(H,25,26)/t8-/m1/s1. The van der Waals surface area contributed by atoms with Gasteiger partial charge in [0, 0.05) is 24.3 Å². The Balaban J connectivity index is 1.96. The number of nitrogens with two attached hydrogens (primary N) is 1. The van der Waals surface area contributed by atoms with Crippen molar-refractivity contribution < 1.29 is 23.1 Å². The molecule has 7 nitrogen and oxygen atoms in total. The minimum absolute atomic E-state index is 0.0105. The molecule has 0 saturated heterocycles. The van der Waals surface area contributed by atoms with E-state index in [-0.39, 0.29) is 22.8 Å². The van der Waals surface area contributed by atoms with Crippen molar-refractivity contribution in [3.8, 4) is 0 Å². The highest BCUT2D eigenvalue weighted by atomic mass is 19.4. The average Bonchev–Trinajstić information content (AvgIpc) is 2.99. The number of anilines is 2. The first-order chi connectivity index (χ1) is 12.1. The summed E-state index contributed by atoms with van der Waals surface area (Å²) in [5, 5.41) is 12.0. The highest BCUT2D eigenvalue weighted by Gasteiger charge is 2.31. The molecule has 10 heteroatoms. The second-order valence-corrected chi connectivity index (χ2v) is 5.69. The number of alkyl halides is 3. The van der Waals surface area contributed by atoms with Gasteiger partial charge in [0.15, 0.2) is 17.2 Å². The Kier molecular flexibility index (Phi) is 4.18. The van der Waals surface area contributed by atoms with Gasteiger partial charge in [-0.1, -0.05) is 0 Å². The highest BCUT2D eigenvalue weighted by Crippen LogP contribution is 2.33. The number of nitrogen functional groups attached to an aromatic ring is 1. The van der Waals surface area contributed by atoms with Crippen LogP contribution in [0.25, 0.3) is 5.65 Å². The van der Waals surface area contributed by atoms with E-state index in [1.54, 1.807) is 6.92 Å². The summed E-state index contributed by atoms with van der Waals surface area (Å²) in [6.07, 6.45) is -0.248. The quantitative estimate of drug-likeness (QED) is 0.613. The summed E-state index contributed by atoms with van der Waals surface area (Å²) in [5.74, 6) is -0.957. The van der Waals surface area contributed by atoms with Crippen LogP contribution in [0.15, 0.2) is 36.8 Å². The molecule has 1 aromatic carbocycles. The molecule has 0 unspecified atom stereocenters. The normalized spacial score (nSPS) is 12.9. The molecular weight excluding hydrogens is 351 g/mol. The van der Waals surface area contributed by atoms with Crippen molar-refractivity contribution in [3.05, 3.63) is 53.6 Å². The van der Waals surface area contributed by atoms with Gasteiger partial charge in [-0.25, -0.2) is 14.8 Å². The summed E-state index contributed by atoms with van der Waals surface area (Å²) in [4.78, 5) is 19.1. The van der Waals surface area contributed by atoms with Gasteiger partial charge in [0.2, 0.25) is 0 Å². The molecule has 26 heavy (non-hydrogen) atoms. The number of aromatic carboxylic acids is 1. The number of carbonyl (C=O) groups is 1. The van der Waals surface area contributed by atoms with Gasteiger partial charge in [-0.15, -0.1) is 0 Å². The van der Waals surface area contributed by atoms with Gasteiger partial charge < -0.3 is 20.6 Å². The minimum Gasteiger partial charge on any atom is -0.476 e. The number of halogens is 3. The molecule has 0 amide bonds. The lowest BCUT2D eigenvalue weighted by Gasteiger charge is -2.18. The van der Waals surface area contributed by atoms with Crippen LogP contribution in [0.1, 0.15) is 34.6 Å². The fraction of sp³-hybridized carbons (Fsp3) is 0.188. The van der Waals surface area contributed by atoms with E-state index in [1.807, 2.05) is 0 Å². The predicted octanol–water partition coefficient (Wildman–Crippen LogP) is 3.20. The van der Waals surface area contributed by atoms with E-state index >= 15 is 0 Å². The van der Waals surface area contributed by atoms with E-state index < -0.39 is 23.8 Å². The summed E-state index contributed by atoms with van der Waals surface area (Å²) in [5.41, 5.74) is 5.12. The Morgan fingerprint density at radius 3 is 2.73 bits per heavy atom. The van der Waals surface area contributed by atoms with E-state index in [9.17, 15) is 18.0 Å². The number of carboxylic acid groups (broad SMARTS) is 1. The summed E-state index contributed by atoms with van der Waals surface area (Å²) in [6.45, 7) is 1.64. The van der Waals surface area contributed by atoms with Crippen molar-refractivity contribution in [3.63, 3.8) is 0 Å². The molecule has 3 aromatic rings. The number of rotatable bonds is 4. The van der Waals surface area contributed by atoms with E-state index in [1.165, 1.54) is 29.1 Å². The van der Waals surface area contributed by atoms with Crippen LogP contribution in [0.4, 0.5) is 24.7 Å². The number of aromatic nitrogens is 3. The Labute approximate surface area is 145 Å². The van der Waals surface area contributed by atoms with E-state index in [4.69, 9.17) is 10.8 Å². The van der Waals surface area contributed by atoms with Crippen molar-refractivity contribution in [1.29, 1.82) is 0 Å². The molecule has 136 valence electrons. The number of nitrogens with one attached hydrogen (secondary N) is 1. The van der Waals surface area contributed by atoms with Crippen LogP contribution in [-0.4, -0.2) is 25.4 Å². The molecule has 3 rings (SSSR count). The van der Waals surface area contributed by atoms with Gasteiger partial charge >= 0.3 is 12.1 Å². The van der Waals surface area contributed by atoms with Crippen LogP contribution >= 0.6 is 0 Å². The van der Waals surface area contributed by atoms with Crippen LogP contribution in [0.2, 0.25) is 0 Å². The van der Waals surface area contributed by atoms with Gasteiger partial charge in [-0.3, -0.25) is 0 Å². The maximum Gasteiger partial charge on any atom is 0.416 e. The number of imidazole rings is 1. The van der Waals surface area contributed by atoms with Crippen LogP contribution in [0, 0.1) is 0 Å². The van der Waals surface area contributed by atoms with Crippen LogP contribution in [0.5, 0.6) is 0 Å². The summed E-state index contributed by atoms with van der Waals surface area (Å²) >= 11 is 0. The van der Waals surface area contributed by atoms with Crippen molar-refractivity contribution in [1.82, 2.24) is 14.4 Å². The topological polar surface area (TPSA) is 106 Å². The number of fused-ring (bicyclic) bond motifs is 1. The Morgan fingerprint density at radius 2 is 2.08 bits per heavy atom. The maximum absolute atomic E-state index is 13.0. The molecule has 1 atom stereocenters. The predicted molar refractivity (Wildman–Crippen MR) is 87.8 cm³/mol. The van der Waals surface area contributed by atoms with E-state index in [0.717, 1.165) is 12.1 Å². The summed E-state index contributed by atoms with van der Waals surface area (Å²) in [6, 6.07) is 2.72. The first-order valence-corrected chi connectivity index (χ1v) is 7.46. The Morgan fingerprint density at radius 1 is 1.35 bits per heavy atom. The number of benzene rings is 1. The van der Waals surface area contributed by atoms with Gasteiger partial charge in [0.05, 0.1) is 11.6 Å². The first-order valence-electron chi connectivity index (χ1n) is 7.46. The molecule has 0 aliphatic heterocycles. The smallest absolute Gasteiger partial charge is 0.416 e. The molecule has 0 aliphatic carbocycles. The molecule has 2 heterocycles. The molecule has 0 fully saturated rings. The second-order valence-electron chi connectivity index (χ2n) is 5.69. The average molecular weight is 365 g/mol. The van der Waals surface area contributed by atoms with E-state index in [0.29, 0.717) is 5.56 Å². The van der Waals surface area contributed by atoms with Gasteiger partial charge in [-0.2, -0.15) is 13.2 Å². The zero-order valence-electron chi connectivity index (χ0n) is 13.4. The van der Waals surface area contributed by atoms with Crippen LogP contribution in [0.3, 0.4) is 0 Å². The molecule has 0 bridgehead atoms. The lowest BCUT2D eigenvalue weighted by atomic mass is 10.0. The molecule has 4 N–H and O–H groups in total. The molecule has 0 spiro atoms. The van der Waals surface area contributed by atoms with Crippen molar-refractivity contribution in [2.45, 2.75) is 19.1 Å². The zero-order valence-corrected chi connectivity index (χ0v) is 13.4. The number of hydrogen-bond donors (Lipinski definition) is 3. The van der Waals surface area contributed by atoms with Crippen LogP contribution < -0.4 is 11.1 Å². The largest absolute Gasteiger partial charge is 0.476 e. The van der Waals surface area contributed by atoms with E-state index in [2.05, 4.69) is 15.3 Å². The lowest BCUT2D eigenvalue weighted by molar-refractivity contribution is -0.137. The number of carboxylic acids is 1. The SMILES string of the molecule is C[C@@H](Nc1nccn2cc(C(=O)O)nc12)c1cc(N)cc(C(F)(F)F)c1. The summed E-state index contributed by atoms with van der Waals surface area (Å²) < 4.78 is 40.4. The van der Waals surface area contributed by atoms with Gasteiger partial charge in [-0.05, 0) is 30.7 Å². The number of nitrogens with zero attached hydrogens (tertiary/aromatic N) is 3. The molecule has 0 radical (unpaired) electrons. The Bertz CT molecular complexity index is 984. The van der Waals surface area contributed by atoms with Crippen molar-refractivity contribution in [2.75, 3.05) is 11.1 Å². The minimum atomic E-state index is -4.51. The van der Waals surface area contributed by atoms with Crippen molar-refractivity contribution >= 4 is 23.1 Å². The molecule has 2 aromatic heterocycles. The third-order valence-corrected chi connectivity index (χ3v) is 3.75. The lowest BCUT2D eigenvalue weighted by Crippen LogP contribution is -2.12. The molecule has 0 saturated carbocycles. The highest BCUT2D eigenvalue weighted by molar-refractivity contribution is 5.86. The fourth-order valence-electron chi connectivity index (χ4n) is 2.50. The van der Waals surface area contributed by atoms with Gasteiger partial charge in [0.1, 0.15) is 0 Å². The fourth-order valence-corrected chi connectivity index (χ4v) is 2.50.